The van der Waals surface area contributed by atoms with E-state index >= 15 is 0 Å². The van der Waals surface area contributed by atoms with Crippen LogP contribution in [0.5, 0.6) is 5.75 Å². The summed E-state index contributed by atoms with van der Waals surface area (Å²) in [5, 5.41) is 28.9. The van der Waals surface area contributed by atoms with E-state index in [4.69, 9.17) is 0 Å². The molecule has 0 aliphatic heterocycles. The molecule has 0 heterocycles. The van der Waals surface area contributed by atoms with Gasteiger partial charge in [-0.2, -0.15) is 0 Å². The number of aliphatic hydroxyl groups excluding tert-OH is 2. The Balaban J connectivity index is 2.77. The Labute approximate surface area is 104 Å². The Hall–Kier alpha value is -1.04. The molecule has 5 heteroatoms. The highest BCUT2D eigenvalue weighted by atomic mass is 32.2. The average molecular weight is 256 g/mol. The number of phenols is 1. The van der Waals surface area contributed by atoms with Crippen LogP contribution in [-0.4, -0.2) is 32.3 Å². The highest BCUT2D eigenvalue weighted by molar-refractivity contribution is 8.13. The summed E-state index contributed by atoms with van der Waals surface area (Å²) in [7, 11) is 0. The van der Waals surface area contributed by atoms with Gasteiger partial charge in [0.1, 0.15) is 11.9 Å². The highest BCUT2D eigenvalue weighted by Gasteiger charge is 2.21. The Morgan fingerprint density at radius 1 is 1.41 bits per heavy atom. The molecule has 1 rings (SSSR count). The lowest BCUT2D eigenvalue weighted by Crippen LogP contribution is -2.22. The van der Waals surface area contributed by atoms with E-state index in [1.54, 1.807) is 13.0 Å². The van der Waals surface area contributed by atoms with Crippen molar-refractivity contribution in [3.8, 4) is 5.75 Å². The zero-order valence-corrected chi connectivity index (χ0v) is 10.6. The van der Waals surface area contributed by atoms with Crippen molar-refractivity contribution >= 4 is 16.9 Å². The lowest BCUT2D eigenvalue weighted by Gasteiger charge is -2.19. The van der Waals surface area contributed by atoms with E-state index < -0.39 is 12.2 Å². The van der Waals surface area contributed by atoms with Crippen LogP contribution in [0.15, 0.2) is 18.2 Å². The van der Waals surface area contributed by atoms with Gasteiger partial charge in [-0.15, -0.1) is 0 Å². The first kappa shape index (κ1) is 14.0. The number of hydrogen-bond donors (Lipinski definition) is 3. The standard InChI is InChI=1S/C12H16O4S/c1-7-3-4-9(14)5-10(7)12(16)11(15)6-17-8(2)13/h3-5,11-12,14-16H,6H2,1-2H3. The third-order valence-electron chi connectivity index (χ3n) is 2.40. The summed E-state index contributed by atoms with van der Waals surface area (Å²) < 4.78 is 0. The molecular weight excluding hydrogens is 240 g/mol. The number of aryl methyl sites for hydroxylation is 1. The molecule has 0 bridgehead atoms. The molecule has 0 saturated carbocycles. The van der Waals surface area contributed by atoms with Crippen LogP contribution < -0.4 is 0 Å². The summed E-state index contributed by atoms with van der Waals surface area (Å²) >= 11 is 0.961. The van der Waals surface area contributed by atoms with Crippen molar-refractivity contribution in [3.05, 3.63) is 29.3 Å². The van der Waals surface area contributed by atoms with Crippen LogP contribution in [0.25, 0.3) is 0 Å². The van der Waals surface area contributed by atoms with Gasteiger partial charge in [0.05, 0.1) is 6.10 Å². The molecule has 0 aromatic heterocycles. The van der Waals surface area contributed by atoms with Gasteiger partial charge < -0.3 is 15.3 Å². The van der Waals surface area contributed by atoms with E-state index in [9.17, 15) is 20.1 Å². The van der Waals surface area contributed by atoms with Crippen LogP contribution in [-0.2, 0) is 4.79 Å². The second kappa shape index (κ2) is 6.05. The fourth-order valence-corrected chi connectivity index (χ4v) is 2.04. The van der Waals surface area contributed by atoms with Gasteiger partial charge in [-0.05, 0) is 30.2 Å². The summed E-state index contributed by atoms with van der Waals surface area (Å²) in [5.41, 5.74) is 1.25. The lowest BCUT2D eigenvalue weighted by atomic mass is 10.00. The smallest absolute Gasteiger partial charge is 0.185 e. The van der Waals surface area contributed by atoms with Crippen molar-refractivity contribution in [2.45, 2.75) is 26.1 Å². The number of rotatable bonds is 4. The SMILES string of the molecule is CC(=O)SCC(O)C(O)c1cc(O)ccc1C. The maximum Gasteiger partial charge on any atom is 0.185 e. The quantitative estimate of drug-likeness (QED) is 0.758. The number of carbonyl (C=O) groups is 1. The van der Waals surface area contributed by atoms with E-state index in [1.807, 2.05) is 0 Å². The molecule has 4 nitrogen and oxygen atoms in total. The van der Waals surface area contributed by atoms with Crippen LogP contribution in [0.4, 0.5) is 0 Å². The third-order valence-corrected chi connectivity index (χ3v) is 3.32. The molecule has 17 heavy (non-hydrogen) atoms. The molecule has 2 atom stereocenters. The number of aliphatic hydroxyl groups is 2. The molecule has 0 aliphatic rings. The molecule has 0 aliphatic carbocycles. The maximum absolute atomic E-state index is 10.8. The van der Waals surface area contributed by atoms with E-state index in [0.717, 1.165) is 17.3 Å². The summed E-state index contributed by atoms with van der Waals surface area (Å²) in [6.07, 6.45) is -2.14. The predicted octanol–water partition coefficient (Wildman–Crippen LogP) is 1.37. The van der Waals surface area contributed by atoms with Gasteiger partial charge in [0, 0.05) is 12.7 Å². The molecule has 2 unspecified atom stereocenters. The minimum atomic E-state index is -1.10. The zero-order valence-electron chi connectivity index (χ0n) is 9.75. The van der Waals surface area contributed by atoms with Gasteiger partial charge in [0.2, 0.25) is 0 Å². The molecule has 0 saturated heterocycles. The Morgan fingerprint density at radius 2 is 2.06 bits per heavy atom. The molecule has 0 spiro atoms. The van der Waals surface area contributed by atoms with E-state index in [1.165, 1.54) is 19.1 Å². The molecule has 0 fully saturated rings. The molecule has 0 amide bonds. The van der Waals surface area contributed by atoms with Gasteiger partial charge in [0.15, 0.2) is 5.12 Å². The van der Waals surface area contributed by atoms with Crippen LogP contribution in [0.2, 0.25) is 0 Å². The van der Waals surface area contributed by atoms with E-state index in [2.05, 4.69) is 0 Å². The molecule has 0 radical (unpaired) electrons. The number of aromatic hydroxyl groups is 1. The highest BCUT2D eigenvalue weighted by Crippen LogP contribution is 2.26. The molecule has 94 valence electrons. The number of thioether (sulfide) groups is 1. The monoisotopic (exact) mass is 256 g/mol. The lowest BCUT2D eigenvalue weighted by molar-refractivity contribution is -0.109. The van der Waals surface area contributed by atoms with Crippen LogP contribution in [0, 0.1) is 6.92 Å². The number of phenolic OH excluding ortho intramolecular Hbond substituents is 1. The summed E-state index contributed by atoms with van der Waals surface area (Å²) in [6, 6.07) is 4.60. The van der Waals surface area contributed by atoms with Gasteiger partial charge in [-0.3, -0.25) is 4.79 Å². The molecular formula is C12H16O4S. The number of carbonyl (C=O) groups excluding carboxylic acids is 1. The minimum absolute atomic E-state index is 0.0380. The summed E-state index contributed by atoms with van der Waals surface area (Å²) in [6.45, 7) is 3.19. The van der Waals surface area contributed by atoms with Gasteiger partial charge in [0.25, 0.3) is 0 Å². The van der Waals surface area contributed by atoms with Crippen molar-refractivity contribution in [2.75, 3.05) is 5.75 Å². The van der Waals surface area contributed by atoms with Crippen molar-refractivity contribution in [1.29, 1.82) is 0 Å². The fraction of sp³-hybridized carbons (Fsp3) is 0.417. The molecule has 3 N–H and O–H groups in total. The van der Waals surface area contributed by atoms with E-state index in [-0.39, 0.29) is 16.6 Å². The van der Waals surface area contributed by atoms with E-state index in [0.29, 0.717) is 5.56 Å². The average Bonchev–Trinajstić information content (AvgIpc) is 2.28. The van der Waals surface area contributed by atoms with Gasteiger partial charge in [-0.25, -0.2) is 0 Å². The van der Waals surface area contributed by atoms with Crippen molar-refractivity contribution in [1.82, 2.24) is 0 Å². The van der Waals surface area contributed by atoms with Gasteiger partial charge in [-0.1, -0.05) is 17.8 Å². The van der Waals surface area contributed by atoms with Crippen LogP contribution in [0.3, 0.4) is 0 Å². The molecule has 1 aromatic rings. The van der Waals surface area contributed by atoms with Crippen LogP contribution >= 0.6 is 11.8 Å². The first-order chi connectivity index (χ1) is 7.91. The second-order valence-corrected chi connectivity index (χ2v) is 5.05. The van der Waals surface area contributed by atoms with Gasteiger partial charge >= 0.3 is 0 Å². The fourth-order valence-electron chi connectivity index (χ4n) is 1.45. The number of benzene rings is 1. The largest absolute Gasteiger partial charge is 0.508 e. The number of hydrogen-bond acceptors (Lipinski definition) is 5. The maximum atomic E-state index is 10.8. The second-order valence-electron chi connectivity index (χ2n) is 3.86. The summed E-state index contributed by atoms with van der Waals surface area (Å²) in [4.78, 5) is 10.8. The Bertz CT molecular complexity index is 405. The van der Waals surface area contributed by atoms with Crippen molar-refractivity contribution in [2.24, 2.45) is 0 Å². The normalized spacial score (nSPS) is 14.4. The predicted molar refractivity (Wildman–Crippen MR) is 66.9 cm³/mol. The topological polar surface area (TPSA) is 77.8 Å². The zero-order chi connectivity index (χ0) is 13.0. The minimum Gasteiger partial charge on any atom is -0.508 e. The third kappa shape index (κ3) is 4.03. The summed E-state index contributed by atoms with van der Waals surface area (Å²) in [5.74, 6) is 0.169. The Morgan fingerprint density at radius 3 is 2.65 bits per heavy atom. The molecule has 1 aromatic carbocycles. The van der Waals surface area contributed by atoms with Crippen molar-refractivity contribution < 1.29 is 20.1 Å². The Kier molecular flexibility index (Phi) is 4.99. The first-order valence-corrected chi connectivity index (χ1v) is 6.19. The first-order valence-electron chi connectivity index (χ1n) is 5.21. The van der Waals surface area contributed by atoms with Crippen LogP contribution in [0.1, 0.15) is 24.2 Å². The van der Waals surface area contributed by atoms with Crippen molar-refractivity contribution in [3.63, 3.8) is 0 Å².